The predicted molar refractivity (Wildman–Crippen MR) is 134 cm³/mol. The van der Waals surface area contributed by atoms with Crippen LogP contribution in [-0.2, 0) is 45.8 Å². The van der Waals surface area contributed by atoms with E-state index in [1.54, 1.807) is 0 Å². The average Bonchev–Trinajstić information content (AvgIpc) is 3.14. The van der Waals surface area contributed by atoms with Gasteiger partial charge in [0, 0.05) is 5.56 Å². The van der Waals surface area contributed by atoms with Gasteiger partial charge in [0.05, 0.1) is 19.3 Å². The minimum Gasteiger partial charge on any atom is -0.488 e. The molecule has 0 aromatic heterocycles. The van der Waals surface area contributed by atoms with Gasteiger partial charge in [0.15, 0.2) is 0 Å². The van der Waals surface area contributed by atoms with Crippen LogP contribution in [0.5, 0.6) is 5.75 Å². The molecule has 1 amide bonds. The standard InChI is InChI=1S/C27H28N2O6S/c30-23-11-10-20-13-25(26(14-22(20)12-23)35-16-19-6-2-1-3-7-19)24-9-5-4-8-21(24)17-34-18-29-27(31)15-28-36(29,32)33/h1-9,13-14,23,28,30H,10-12,15-18H2. The van der Waals surface area contributed by atoms with Gasteiger partial charge in [0.1, 0.15) is 19.1 Å². The third-order valence-corrected chi connectivity index (χ3v) is 7.89. The Morgan fingerprint density at radius 3 is 2.53 bits per heavy atom. The largest absolute Gasteiger partial charge is 0.488 e. The van der Waals surface area contributed by atoms with E-state index in [-0.39, 0.29) is 26.0 Å². The quantitative estimate of drug-likeness (QED) is 0.485. The number of aliphatic hydroxyl groups excluding tert-OH is 1. The molecule has 5 rings (SSSR count). The number of hydrogen-bond donors (Lipinski definition) is 2. The lowest BCUT2D eigenvalue weighted by Crippen LogP contribution is -2.34. The predicted octanol–water partition coefficient (Wildman–Crippen LogP) is 2.93. The Kier molecular flexibility index (Phi) is 7.06. The highest BCUT2D eigenvalue weighted by molar-refractivity contribution is 7.88. The number of carbonyl (C=O) groups excluding carboxylic acids is 1. The number of hydrogen-bond acceptors (Lipinski definition) is 6. The van der Waals surface area contributed by atoms with Gasteiger partial charge in [-0.25, -0.2) is 4.31 Å². The monoisotopic (exact) mass is 508 g/mol. The fourth-order valence-corrected chi connectivity index (χ4v) is 5.58. The highest BCUT2D eigenvalue weighted by Crippen LogP contribution is 2.38. The molecule has 188 valence electrons. The summed E-state index contributed by atoms with van der Waals surface area (Å²) in [5, 5.41) is 10.2. The van der Waals surface area contributed by atoms with Crippen molar-refractivity contribution in [1.82, 2.24) is 9.03 Å². The van der Waals surface area contributed by atoms with Crippen molar-refractivity contribution in [2.45, 2.75) is 38.6 Å². The van der Waals surface area contributed by atoms with Crippen molar-refractivity contribution in [2.75, 3.05) is 13.3 Å². The topological polar surface area (TPSA) is 105 Å². The Morgan fingerprint density at radius 1 is 0.972 bits per heavy atom. The number of benzene rings is 3. The number of nitrogens with zero attached hydrogens (tertiary/aromatic N) is 1. The van der Waals surface area contributed by atoms with E-state index in [4.69, 9.17) is 9.47 Å². The number of carbonyl (C=O) groups is 1. The molecular weight excluding hydrogens is 480 g/mol. The first-order chi connectivity index (χ1) is 17.4. The molecule has 3 aromatic carbocycles. The molecule has 3 aromatic rings. The summed E-state index contributed by atoms with van der Waals surface area (Å²) in [7, 11) is -3.84. The van der Waals surface area contributed by atoms with Crippen molar-refractivity contribution in [1.29, 1.82) is 0 Å². The first kappa shape index (κ1) is 24.5. The SMILES string of the molecule is O=C1CNS(=O)(=O)N1COCc1ccccc1-c1cc2c(cc1OCc1ccccc1)CC(O)CC2. The third-order valence-electron chi connectivity index (χ3n) is 6.49. The molecule has 1 unspecified atom stereocenters. The van der Waals surface area contributed by atoms with Crippen LogP contribution in [0.4, 0.5) is 0 Å². The van der Waals surface area contributed by atoms with Gasteiger partial charge in [-0.15, -0.1) is 0 Å². The van der Waals surface area contributed by atoms with Gasteiger partial charge in [-0.3, -0.25) is 4.79 Å². The lowest BCUT2D eigenvalue weighted by atomic mass is 9.86. The zero-order valence-corrected chi connectivity index (χ0v) is 20.5. The molecule has 2 aliphatic rings. The van der Waals surface area contributed by atoms with Gasteiger partial charge in [-0.05, 0) is 59.2 Å². The number of nitrogens with one attached hydrogen (secondary N) is 1. The van der Waals surface area contributed by atoms with Crippen LogP contribution in [0.15, 0.2) is 66.7 Å². The molecule has 0 saturated carbocycles. The van der Waals surface area contributed by atoms with Crippen LogP contribution in [0.1, 0.15) is 28.7 Å². The Hall–Kier alpha value is -3.24. The summed E-state index contributed by atoms with van der Waals surface area (Å²) in [5.74, 6) is 0.164. The van der Waals surface area contributed by atoms with Crippen molar-refractivity contribution in [2.24, 2.45) is 0 Å². The number of aliphatic hydroxyl groups is 1. The first-order valence-electron chi connectivity index (χ1n) is 11.9. The maximum Gasteiger partial charge on any atom is 0.306 e. The zero-order chi connectivity index (χ0) is 25.1. The average molecular weight is 509 g/mol. The molecule has 1 heterocycles. The van der Waals surface area contributed by atoms with Gasteiger partial charge < -0.3 is 14.6 Å². The summed E-state index contributed by atoms with van der Waals surface area (Å²) in [6.07, 6.45) is 1.73. The van der Waals surface area contributed by atoms with Crippen molar-refractivity contribution in [3.05, 3.63) is 89.0 Å². The molecule has 36 heavy (non-hydrogen) atoms. The number of rotatable bonds is 8. The highest BCUT2D eigenvalue weighted by Gasteiger charge is 2.34. The van der Waals surface area contributed by atoms with Crippen LogP contribution in [0.25, 0.3) is 11.1 Å². The van der Waals surface area contributed by atoms with Crippen LogP contribution >= 0.6 is 0 Å². The minimum atomic E-state index is -3.84. The Morgan fingerprint density at radius 2 is 1.75 bits per heavy atom. The fraction of sp³-hybridized carbons (Fsp3) is 0.296. The normalized spacial score (nSPS) is 18.8. The molecule has 1 aliphatic carbocycles. The van der Waals surface area contributed by atoms with Crippen molar-refractivity contribution >= 4 is 16.1 Å². The second kappa shape index (κ2) is 10.4. The number of ether oxygens (including phenoxy) is 2. The van der Waals surface area contributed by atoms with Crippen LogP contribution in [0.2, 0.25) is 0 Å². The van der Waals surface area contributed by atoms with Gasteiger partial charge in [0.2, 0.25) is 0 Å². The van der Waals surface area contributed by atoms with E-state index < -0.39 is 16.1 Å². The van der Waals surface area contributed by atoms with E-state index in [2.05, 4.69) is 10.8 Å². The van der Waals surface area contributed by atoms with Crippen molar-refractivity contribution in [3.63, 3.8) is 0 Å². The van der Waals surface area contributed by atoms with E-state index in [0.717, 1.165) is 34.2 Å². The summed E-state index contributed by atoms with van der Waals surface area (Å²) < 4.78 is 38.8. The van der Waals surface area contributed by atoms with Gasteiger partial charge in [-0.2, -0.15) is 13.1 Å². The lowest BCUT2D eigenvalue weighted by molar-refractivity contribution is -0.127. The van der Waals surface area contributed by atoms with Gasteiger partial charge >= 0.3 is 10.2 Å². The summed E-state index contributed by atoms with van der Waals surface area (Å²) in [6, 6.07) is 21.8. The maximum absolute atomic E-state index is 12.0. The molecule has 2 N–H and O–H groups in total. The lowest BCUT2D eigenvalue weighted by Gasteiger charge is -2.24. The van der Waals surface area contributed by atoms with Crippen molar-refractivity contribution < 1.29 is 27.8 Å². The smallest absolute Gasteiger partial charge is 0.306 e. The Balaban J connectivity index is 1.43. The van der Waals surface area contributed by atoms with Crippen molar-refractivity contribution in [3.8, 4) is 16.9 Å². The van der Waals surface area contributed by atoms with E-state index in [0.29, 0.717) is 29.5 Å². The third kappa shape index (κ3) is 5.29. The van der Waals surface area contributed by atoms with Crippen LogP contribution in [0, 0.1) is 0 Å². The fourth-order valence-electron chi connectivity index (χ4n) is 4.57. The molecule has 1 aliphatic heterocycles. The molecule has 1 saturated heterocycles. The molecule has 0 spiro atoms. The van der Waals surface area contributed by atoms with E-state index >= 15 is 0 Å². The van der Waals surface area contributed by atoms with E-state index in [9.17, 15) is 18.3 Å². The first-order valence-corrected chi connectivity index (χ1v) is 13.3. The zero-order valence-electron chi connectivity index (χ0n) is 19.7. The Labute approximate surface area is 210 Å². The molecule has 8 nitrogen and oxygen atoms in total. The molecule has 0 radical (unpaired) electrons. The van der Waals surface area contributed by atoms with E-state index in [1.807, 2.05) is 60.7 Å². The summed E-state index contributed by atoms with van der Waals surface area (Å²) in [4.78, 5) is 11.9. The molecular formula is C27H28N2O6S. The molecule has 1 atom stereocenters. The molecule has 0 bridgehead atoms. The maximum atomic E-state index is 12.0. The second-order valence-electron chi connectivity index (χ2n) is 8.99. The molecule has 1 fully saturated rings. The molecule has 9 heteroatoms. The summed E-state index contributed by atoms with van der Waals surface area (Å²) in [5.41, 5.74) is 5.96. The highest BCUT2D eigenvalue weighted by atomic mass is 32.2. The second-order valence-corrected chi connectivity index (χ2v) is 10.7. The van der Waals surface area contributed by atoms with E-state index in [1.165, 1.54) is 5.56 Å². The van der Waals surface area contributed by atoms with Gasteiger partial charge in [-0.1, -0.05) is 54.6 Å². The number of aryl methyl sites for hydroxylation is 1. The minimum absolute atomic E-state index is 0.114. The van der Waals surface area contributed by atoms with Crippen LogP contribution in [0.3, 0.4) is 0 Å². The Bertz CT molecular complexity index is 1360. The van der Waals surface area contributed by atoms with Gasteiger partial charge in [0.25, 0.3) is 5.91 Å². The summed E-state index contributed by atoms with van der Waals surface area (Å²) >= 11 is 0. The summed E-state index contributed by atoms with van der Waals surface area (Å²) in [6.45, 7) is -0.102. The number of amides is 1. The van der Waals surface area contributed by atoms with Crippen LogP contribution < -0.4 is 9.46 Å². The van der Waals surface area contributed by atoms with Crippen LogP contribution in [-0.4, -0.2) is 43.1 Å². The number of fused-ring (bicyclic) bond motifs is 1.